The van der Waals surface area contributed by atoms with Crippen LogP contribution in [-0.2, 0) is 13.0 Å². The van der Waals surface area contributed by atoms with Gasteiger partial charge in [0.25, 0.3) is 5.69 Å². The number of imidazole rings is 1. The third-order valence-electron chi connectivity index (χ3n) is 4.65. The molecule has 0 bridgehead atoms. The van der Waals surface area contributed by atoms with E-state index in [0.717, 1.165) is 5.56 Å². The Balaban J connectivity index is 1.76. The van der Waals surface area contributed by atoms with Crippen LogP contribution in [0.2, 0.25) is 5.02 Å². The maximum absolute atomic E-state index is 11.2. The van der Waals surface area contributed by atoms with Gasteiger partial charge < -0.3 is 15.0 Å². The number of nitrogen functional groups attached to an aromatic ring is 1. The van der Waals surface area contributed by atoms with Crippen LogP contribution in [-0.4, -0.2) is 31.6 Å². The highest BCUT2D eigenvalue weighted by Crippen LogP contribution is 2.38. The minimum absolute atomic E-state index is 0.0404. The molecule has 2 N–H and O–H groups in total. The van der Waals surface area contributed by atoms with Crippen molar-refractivity contribution >= 4 is 46.0 Å². The molecular weight excluding hydrogens is 440 g/mol. The lowest BCUT2D eigenvalue weighted by atomic mass is 10.1. The predicted octanol–water partition coefficient (Wildman–Crippen LogP) is 4.37. The summed E-state index contributed by atoms with van der Waals surface area (Å²) in [6.07, 6.45) is 2.02. The van der Waals surface area contributed by atoms with E-state index in [2.05, 4.69) is 15.0 Å². The molecule has 0 aliphatic carbocycles. The molecule has 0 saturated heterocycles. The van der Waals surface area contributed by atoms with Crippen molar-refractivity contribution in [2.45, 2.75) is 23.0 Å². The summed E-state index contributed by atoms with van der Waals surface area (Å²) in [6, 6.07) is 12.0. The summed E-state index contributed by atoms with van der Waals surface area (Å²) < 4.78 is 7.29. The van der Waals surface area contributed by atoms with Gasteiger partial charge in [-0.15, -0.1) is 0 Å². The number of nitrogens with zero attached hydrogens (tertiary/aromatic N) is 5. The summed E-state index contributed by atoms with van der Waals surface area (Å²) >= 11 is 7.54. The van der Waals surface area contributed by atoms with E-state index in [4.69, 9.17) is 22.1 Å². The van der Waals surface area contributed by atoms with Crippen molar-refractivity contribution in [3.05, 3.63) is 69.5 Å². The number of methoxy groups -OCH3 is 1. The zero-order valence-electron chi connectivity index (χ0n) is 16.4. The van der Waals surface area contributed by atoms with Gasteiger partial charge in [-0.05, 0) is 35.9 Å². The zero-order chi connectivity index (χ0) is 22.0. The van der Waals surface area contributed by atoms with Crippen LogP contribution in [0.15, 0.2) is 58.8 Å². The third kappa shape index (κ3) is 4.25. The molecule has 0 fully saturated rings. The summed E-state index contributed by atoms with van der Waals surface area (Å²) in [5.41, 5.74) is 8.00. The summed E-state index contributed by atoms with van der Waals surface area (Å²) in [7, 11) is 1.51. The molecule has 0 aliphatic rings. The van der Waals surface area contributed by atoms with Gasteiger partial charge in [-0.1, -0.05) is 29.8 Å². The number of non-ortho nitro benzene ring substituents is 1. The van der Waals surface area contributed by atoms with Crippen molar-refractivity contribution in [3.8, 4) is 5.75 Å². The molecule has 2 aromatic carbocycles. The van der Waals surface area contributed by atoms with E-state index < -0.39 is 4.92 Å². The Morgan fingerprint density at radius 2 is 2.06 bits per heavy atom. The van der Waals surface area contributed by atoms with Gasteiger partial charge in [0.1, 0.15) is 12.1 Å². The van der Waals surface area contributed by atoms with Crippen LogP contribution in [0, 0.1) is 10.1 Å². The van der Waals surface area contributed by atoms with Gasteiger partial charge in [-0.3, -0.25) is 10.1 Å². The SMILES string of the molecule is COc1ccc([N+](=O)[O-])cc1Sc1nc2c(N)ncnc2n1CCc1ccccc1Cl. The number of rotatable bonds is 7. The second kappa shape index (κ2) is 8.78. The van der Waals surface area contributed by atoms with Crippen LogP contribution < -0.4 is 10.5 Å². The van der Waals surface area contributed by atoms with E-state index in [1.165, 1.54) is 37.3 Å². The molecule has 0 aliphatic heterocycles. The largest absolute Gasteiger partial charge is 0.496 e. The topological polar surface area (TPSA) is 122 Å². The molecule has 4 aromatic rings. The molecule has 4 rings (SSSR count). The third-order valence-corrected chi connectivity index (χ3v) is 6.05. The highest BCUT2D eigenvalue weighted by atomic mass is 35.5. The summed E-state index contributed by atoms with van der Waals surface area (Å²) in [5.74, 6) is 0.758. The summed E-state index contributed by atoms with van der Waals surface area (Å²) in [4.78, 5) is 24.3. The highest BCUT2D eigenvalue weighted by molar-refractivity contribution is 7.99. The maximum atomic E-state index is 11.2. The van der Waals surface area contributed by atoms with Crippen LogP contribution in [0.1, 0.15) is 5.56 Å². The summed E-state index contributed by atoms with van der Waals surface area (Å²) in [6.45, 7) is 0.524. The lowest BCUT2D eigenvalue weighted by Gasteiger charge is -2.11. The number of ether oxygens (including phenoxy) is 1. The van der Waals surface area contributed by atoms with Crippen LogP contribution in [0.25, 0.3) is 11.2 Å². The number of nitro groups is 1. The number of fused-ring (bicyclic) bond motifs is 1. The van der Waals surface area contributed by atoms with E-state index in [0.29, 0.717) is 45.0 Å². The van der Waals surface area contributed by atoms with E-state index in [9.17, 15) is 10.1 Å². The van der Waals surface area contributed by atoms with Crippen molar-refractivity contribution in [1.29, 1.82) is 0 Å². The standard InChI is InChI=1S/C20H17ClN6O3S/c1-30-15-7-6-13(27(28)29)10-16(15)31-20-25-17-18(22)23-11-24-19(17)26(20)9-8-12-4-2-3-5-14(12)21/h2-7,10-11H,8-9H2,1H3,(H2,22,23,24). The van der Waals surface area contributed by atoms with Gasteiger partial charge in [0.05, 0.1) is 16.9 Å². The van der Waals surface area contributed by atoms with Crippen LogP contribution in [0.4, 0.5) is 11.5 Å². The predicted molar refractivity (Wildman–Crippen MR) is 119 cm³/mol. The second-order valence-corrected chi connectivity index (χ2v) is 7.93. The number of aromatic nitrogens is 4. The average molecular weight is 457 g/mol. The number of hydrogen-bond donors (Lipinski definition) is 1. The Hall–Kier alpha value is -3.37. The van der Waals surface area contributed by atoms with Crippen LogP contribution >= 0.6 is 23.4 Å². The number of halogens is 1. The first kappa shape index (κ1) is 20.9. The lowest BCUT2D eigenvalue weighted by Crippen LogP contribution is -2.05. The number of aryl methyl sites for hydroxylation is 2. The molecule has 0 unspecified atom stereocenters. The number of anilines is 1. The number of nitrogens with two attached hydrogens (primary N) is 1. The molecule has 0 amide bonds. The zero-order valence-corrected chi connectivity index (χ0v) is 17.9. The van der Waals surface area contributed by atoms with E-state index in [-0.39, 0.29) is 11.5 Å². The number of nitro benzene ring substituents is 1. The molecule has 2 aromatic heterocycles. The highest BCUT2D eigenvalue weighted by Gasteiger charge is 2.19. The molecule has 9 nitrogen and oxygen atoms in total. The molecule has 0 saturated carbocycles. The first-order chi connectivity index (χ1) is 15.0. The Morgan fingerprint density at radius 1 is 1.26 bits per heavy atom. The van der Waals surface area contributed by atoms with Gasteiger partial charge in [-0.25, -0.2) is 15.0 Å². The fourth-order valence-electron chi connectivity index (χ4n) is 3.10. The van der Waals surface area contributed by atoms with Crippen LogP contribution in [0.3, 0.4) is 0 Å². The Bertz CT molecular complexity index is 1280. The Kier molecular flexibility index (Phi) is 5.92. The van der Waals surface area contributed by atoms with Crippen molar-refractivity contribution in [3.63, 3.8) is 0 Å². The fourth-order valence-corrected chi connectivity index (χ4v) is 4.39. The van der Waals surface area contributed by atoms with Gasteiger partial charge in [0, 0.05) is 23.7 Å². The van der Waals surface area contributed by atoms with Crippen molar-refractivity contribution < 1.29 is 9.66 Å². The Labute approximate surface area is 186 Å². The maximum Gasteiger partial charge on any atom is 0.270 e. The number of benzene rings is 2. The molecule has 11 heteroatoms. The monoisotopic (exact) mass is 456 g/mol. The molecule has 158 valence electrons. The van der Waals surface area contributed by atoms with E-state index in [1.807, 2.05) is 28.8 Å². The minimum atomic E-state index is -0.451. The van der Waals surface area contributed by atoms with Crippen molar-refractivity contribution in [2.75, 3.05) is 12.8 Å². The smallest absolute Gasteiger partial charge is 0.270 e. The van der Waals surface area contributed by atoms with Crippen molar-refractivity contribution in [1.82, 2.24) is 19.5 Å². The molecular formula is C20H17ClN6O3S. The minimum Gasteiger partial charge on any atom is -0.496 e. The molecule has 0 spiro atoms. The average Bonchev–Trinajstić information content (AvgIpc) is 3.11. The fraction of sp³-hybridized carbons (Fsp3) is 0.150. The molecule has 0 radical (unpaired) electrons. The van der Waals surface area contributed by atoms with Gasteiger partial charge in [-0.2, -0.15) is 0 Å². The van der Waals surface area contributed by atoms with E-state index >= 15 is 0 Å². The van der Waals surface area contributed by atoms with Crippen LogP contribution in [0.5, 0.6) is 5.75 Å². The number of hydrogen-bond acceptors (Lipinski definition) is 8. The second-order valence-electron chi connectivity index (χ2n) is 6.51. The molecule has 2 heterocycles. The van der Waals surface area contributed by atoms with E-state index in [1.54, 1.807) is 6.07 Å². The molecule has 0 atom stereocenters. The first-order valence-electron chi connectivity index (χ1n) is 9.18. The Morgan fingerprint density at radius 3 is 2.81 bits per heavy atom. The first-order valence-corrected chi connectivity index (χ1v) is 10.4. The quantitative estimate of drug-likeness (QED) is 0.321. The van der Waals surface area contributed by atoms with Gasteiger partial charge in [0.15, 0.2) is 22.1 Å². The van der Waals surface area contributed by atoms with Gasteiger partial charge in [0.2, 0.25) is 0 Å². The van der Waals surface area contributed by atoms with Gasteiger partial charge >= 0.3 is 0 Å². The lowest BCUT2D eigenvalue weighted by molar-refractivity contribution is -0.385. The summed E-state index contributed by atoms with van der Waals surface area (Å²) in [5, 5.41) is 12.5. The van der Waals surface area contributed by atoms with Crippen molar-refractivity contribution in [2.24, 2.45) is 0 Å². The molecule has 31 heavy (non-hydrogen) atoms. The normalized spacial score (nSPS) is 11.0.